The van der Waals surface area contributed by atoms with Crippen LogP contribution < -0.4 is 15.9 Å². The van der Waals surface area contributed by atoms with Gasteiger partial charge in [0.2, 0.25) is 0 Å². The molecule has 0 bridgehead atoms. The van der Waals surface area contributed by atoms with E-state index in [2.05, 4.69) is 114 Å². The molecule has 0 fully saturated rings. The molecule has 3 aromatic carbocycles. The second-order valence-electron chi connectivity index (χ2n) is 9.40. The van der Waals surface area contributed by atoms with Crippen molar-refractivity contribution in [3.63, 3.8) is 0 Å². The molecule has 0 atom stereocenters. The van der Waals surface area contributed by atoms with Gasteiger partial charge in [0.1, 0.15) is 0 Å². The van der Waals surface area contributed by atoms with E-state index in [0.717, 1.165) is 25.7 Å². The van der Waals surface area contributed by atoms with Gasteiger partial charge >= 0.3 is 208 Å². The Balaban J connectivity index is 2.48. The molecule has 2 nitrogen and oxygen atoms in total. The molecule has 3 heteroatoms. The van der Waals surface area contributed by atoms with Crippen molar-refractivity contribution in [2.24, 2.45) is 0 Å². The standard InChI is InChI=1S/C31H42O2P/c1-7-22-31(32-23-8-2,33-24-9-3)34(28-16-10-25(4)11-17-28,29-18-12-26(5)13-19-29)30-20-14-27(6)15-21-30/h10-21,34H,1,7-9,22-24H2,2-6H3. The van der Waals surface area contributed by atoms with Gasteiger partial charge in [-0.1, -0.05) is 0 Å². The Morgan fingerprint density at radius 3 is 1.21 bits per heavy atom. The molecule has 3 rings (SSSR count). The van der Waals surface area contributed by atoms with Gasteiger partial charge in [-0.05, 0) is 0 Å². The van der Waals surface area contributed by atoms with Crippen LogP contribution >= 0.6 is 7.26 Å². The summed E-state index contributed by atoms with van der Waals surface area (Å²) in [6, 6.07) is 27.2. The first-order chi connectivity index (χ1) is 16.4. The van der Waals surface area contributed by atoms with E-state index in [-0.39, 0.29) is 0 Å². The van der Waals surface area contributed by atoms with Crippen LogP contribution in [0.4, 0.5) is 0 Å². The van der Waals surface area contributed by atoms with Crippen LogP contribution in [0.15, 0.2) is 72.8 Å². The average Bonchev–Trinajstić information content (AvgIpc) is 2.85. The number of benzene rings is 3. The zero-order chi connectivity index (χ0) is 24.6. The Labute approximate surface area is 208 Å². The molecule has 34 heavy (non-hydrogen) atoms. The number of hydrogen-bond acceptors (Lipinski definition) is 2. The molecule has 0 aliphatic carbocycles. The summed E-state index contributed by atoms with van der Waals surface area (Å²) in [6.07, 6.45) is 3.36. The predicted octanol–water partition coefficient (Wildman–Crippen LogP) is 6.76. The fraction of sp³-hybridized carbons (Fsp3) is 0.387. The first-order valence-electron chi connectivity index (χ1n) is 12.7. The van der Waals surface area contributed by atoms with Crippen LogP contribution in [0.5, 0.6) is 0 Å². The van der Waals surface area contributed by atoms with Gasteiger partial charge in [0, 0.05) is 0 Å². The van der Waals surface area contributed by atoms with Gasteiger partial charge < -0.3 is 0 Å². The molecule has 0 amide bonds. The topological polar surface area (TPSA) is 18.5 Å². The van der Waals surface area contributed by atoms with Crippen LogP contribution in [-0.4, -0.2) is 18.7 Å². The van der Waals surface area contributed by atoms with Crippen molar-refractivity contribution in [3.05, 3.63) is 96.4 Å². The van der Waals surface area contributed by atoms with Crippen molar-refractivity contribution in [3.8, 4) is 0 Å². The van der Waals surface area contributed by atoms with Gasteiger partial charge in [-0.2, -0.15) is 0 Å². The fourth-order valence-corrected chi connectivity index (χ4v) is 10.4. The normalized spacial score (nSPS) is 12.6. The monoisotopic (exact) mass is 477 g/mol. The van der Waals surface area contributed by atoms with E-state index >= 15 is 0 Å². The molecule has 0 aliphatic heterocycles. The Kier molecular flexibility index (Phi) is 9.48. The average molecular weight is 478 g/mol. The minimum atomic E-state index is -2.85. The van der Waals surface area contributed by atoms with Crippen LogP contribution in [0.2, 0.25) is 0 Å². The van der Waals surface area contributed by atoms with Gasteiger partial charge in [0.25, 0.3) is 0 Å². The van der Waals surface area contributed by atoms with Crippen LogP contribution in [-0.2, 0) is 9.47 Å². The van der Waals surface area contributed by atoms with E-state index in [4.69, 9.17) is 9.47 Å². The summed E-state index contributed by atoms with van der Waals surface area (Å²) in [5, 5.41) is 3.93. The van der Waals surface area contributed by atoms with Crippen LogP contribution in [0, 0.1) is 27.7 Å². The van der Waals surface area contributed by atoms with Crippen LogP contribution in [0.3, 0.4) is 0 Å². The molecule has 0 N–H and O–H groups in total. The zero-order valence-electron chi connectivity index (χ0n) is 21.7. The second-order valence-corrected chi connectivity index (χ2v) is 13.4. The molecule has 0 aliphatic rings. The Hall–Kier alpha value is -1.99. The van der Waals surface area contributed by atoms with E-state index in [1.807, 2.05) is 0 Å². The molecule has 3 aromatic rings. The molecule has 0 unspecified atom stereocenters. The summed E-state index contributed by atoms with van der Waals surface area (Å²) in [4.78, 5) is 0. The van der Waals surface area contributed by atoms with E-state index in [0.29, 0.717) is 13.2 Å². The van der Waals surface area contributed by atoms with Gasteiger partial charge in [-0.25, -0.2) is 0 Å². The van der Waals surface area contributed by atoms with Crippen LogP contribution in [0.1, 0.15) is 56.2 Å². The third-order valence-corrected chi connectivity index (χ3v) is 11.9. The Morgan fingerprint density at radius 2 is 0.941 bits per heavy atom. The molecule has 0 saturated heterocycles. The first-order valence-corrected chi connectivity index (χ1v) is 14.7. The maximum absolute atomic E-state index is 6.94. The zero-order valence-corrected chi connectivity index (χ0v) is 22.7. The summed E-state index contributed by atoms with van der Waals surface area (Å²) in [5.41, 5.74) is 3.00. The van der Waals surface area contributed by atoms with Gasteiger partial charge in [0.05, 0.1) is 0 Å². The summed E-state index contributed by atoms with van der Waals surface area (Å²) in [5.74, 6) is 0. The van der Waals surface area contributed by atoms with Crippen LogP contribution in [0.25, 0.3) is 0 Å². The maximum atomic E-state index is 6.94. The SMILES string of the molecule is [CH2]CCC(OCCC)(OCCC)[PH](c1ccc(C)cc1)(c1ccc(C)cc1)c1ccc(C)cc1. The number of aryl methyl sites for hydroxylation is 3. The van der Waals surface area contributed by atoms with Crippen molar-refractivity contribution >= 4 is 23.2 Å². The fourth-order valence-electron chi connectivity index (χ4n) is 4.93. The van der Waals surface area contributed by atoms with E-state index < -0.39 is 12.8 Å². The van der Waals surface area contributed by atoms with Crippen molar-refractivity contribution < 1.29 is 9.47 Å². The molecule has 0 saturated carbocycles. The number of ether oxygens (including phenoxy) is 2. The van der Waals surface area contributed by atoms with E-state index in [1.54, 1.807) is 0 Å². The Morgan fingerprint density at radius 1 is 0.618 bits per heavy atom. The van der Waals surface area contributed by atoms with Gasteiger partial charge in [-0.3, -0.25) is 0 Å². The van der Waals surface area contributed by atoms with E-state index in [9.17, 15) is 0 Å². The molecular formula is C31H42O2P. The predicted molar refractivity (Wildman–Crippen MR) is 151 cm³/mol. The van der Waals surface area contributed by atoms with Crippen molar-refractivity contribution in [1.82, 2.24) is 0 Å². The quantitative estimate of drug-likeness (QED) is 0.212. The summed E-state index contributed by atoms with van der Waals surface area (Å²) in [6.45, 7) is 16.4. The summed E-state index contributed by atoms with van der Waals surface area (Å²) in [7, 11) is -2.85. The third-order valence-electron chi connectivity index (χ3n) is 6.61. The molecular weight excluding hydrogens is 435 g/mol. The first kappa shape index (κ1) is 26.6. The molecule has 183 valence electrons. The van der Waals surface area contributed by atoms with Crippen molar-refractivity contribution in [2.45, 2.75) is 65.8 Å². The molecule has 1 radical (unpaired) electrons. The van der Waals surface area contributed by atoms with Gasteiger partial charge in [-0.15, -0.1) is 0 Å². The van der Waals surface area contributed by atoms with E-state index in [1.165, 1.54) is 32.6 Å². The molecule has 0 spiro atoms. The van der Waals surface area contributed by atoms with Crippen molar-refractivity contribution in [1.29, 1.82) is 0 Å². The second kappa shape index (κ2) is 12.1. The van der Waals surface area contributed by atoms with Crippen molar-refractivity contribution in [2.75, 3.05) is 13.2 Å². The number of rotatable bonds is 12. The third kappa shape index (κ3) is 5.30. The molecule has 0 heterocycles. The minimum absolute atomic E-state index is 0.655. The summed E-state index contributed by atoms with van der Waals surface area (Å²) >= 11 is 0. The number of hydrogen-bond donors (Lipinski definition) is 0. The summed E-state index contributed by atoms with van der Waals surface area (Å²) < 4.78 is 13.9. The molecule has 0 aromatic heterocycles. The Bertz CT molecular complexity index is 888. The van der Waals surface area contributed by atoms with Gasteiger partial charge in [0.15, 0.2) is 0 Å².